The number of rotatable bonds is 4. The third-order valence-electron chi connectivity index (χ3n) is 7.64. The molecule has 2 aliphatic heterocycles. The Balaban J connectivity index is 1.25. The maximum absolute atomic E-state index is 13.9. The molecule has 4 amide bonds. The topological polar surface area (TPSA) is 117 Å². The van der Waals surface area contributed by atoms with E-state index in [4.69, 9.17) is 4.74 Å². The Morgan fingerprint density at radius 1 is 1.00 bits per heavy atom. The van der Waals surface area contributed by atoms with Gasteiger partial charge in [-0.25, -0.2) is 4.39 Å². The summed E-state index contributed by atoms with van der Waals surface area (Å²) in [5, 5.41) is 8.48. The highest BCUT2D eigenvalue weighted by molar-refractivity contribution is 5.97. The van der Waals surface area contributed by atoms with Crippen molar-refractivity contribution >= 4 is 29.3 Å². The van der Waals surface area contributed by atoms with E-state index in [0.29, 0.717) is 12.8 Å². The van der Waals surface area contributed by atoms with Gasteiger partial charge in [0.15, 0.2) is 0 Å². The molecule has 0 aromatic heterocycles. The van der Waals surface area contributed by atoms with Crippen LogP contribution in [0.25, 0.3) is 0 Å². The highest BCUT2D eigenvalue weighted by atomic mass is 19.1. The van der Waals surface area contributed by atoms with Crippen LogP contribution in [0.1, 0.15) is 60.0 Å². The van der Waals surface area contributed by atoms with Crippen LogP contribution in [0.2, 0.25) is 0 Å². The van der Waals surface area contributed by atoms with Crippen molar-refractivity contribution in [1.82, 2.24) is 15.5 Å². The van der Waals surface area contributed by atoms with E-state index in [-0.39, 0.29) is 80.1 Å². The molecular formula is C29H33FN4O5. The number of aryl methyl sites for hydroxylation is 2. The van der Waals surface area contributed by atoms with Gasteiger partial charge in [0.05, 0.1) is 12.1 Å². The molecule has 206 valence electrons. The Labute approximate surface area is 226 Å². The van der Waals surface area contributed by atoms with Gasteiger partial charge in [-0.2, -0.15) is 0 Å². The molecule has 1 saturated heterocycles. The second kappa shape index (κ2) is 11.8. The van der Waals surface area contributed by atoms with Crippen molar-refractivity contribution < 1.29 is 28.3 Å². The number of carbonyl (C=O) groups is 4. The maximum atomic E-state index is 13.9. The number of anilines is 1. The minimum absolute atomic E-state index is 0.00834. The zero-order chi connectivity index (χ0) is 27.4. The minimum atomic E-state index is -0.571. The van der Waals surface area contributed by atoms with E-state index in [0.717, 1.165) is 31.0 Å². The second-order valence-corrected chi connectivity index (χ2v) is 10.3. The van der Waals surface area contributed by atoms with Crippen LogP contribution in [-0.2, 0) is 27.2 Å². The number of halogens is 1. The summed E-state index contributed by atoms with van der Waals surface area (Å²) in [4.78, 5) is 53.2. The fraction of sp³-hybridized carbons (Fsp3) is 0.448. The van der Waals surface area contributed by atoms with E-state index >= 15 is 0 Å². The van der Waals surface area contributed by atoms with Crippen LogP contribution >= 0.6 is 0 Å². The quantitative estimate of drug-likeness (QED) is 0.556. The molecule has 5 rings (SSSR count). The van der Waals surface area contributed by atoms with Crippen LogP contribution in [0.15, 0.2) is 36.4 Å². The molecule has 9 nitrogen and oxygen atoms in total. The minimum Gasteiger partial charge on any atom is -0.491 e. The number of hydrogen-bond donors (Lipinski definition) is 3. The molecule has 0 spiro atoms. The zero-order valence-electron chi connectivity index (χ0n) is 21.8. The van der Waals surface area contributed by atoms with Gasteiger partial charge in [0, 0.05) is 43.6 Å². The molecule has 1 fully saturated rings. The smallest absolute Gasteiger partial charge is 0.255 e. The number of nitrogens with zero attached hydrogens (tertiary/aromatic N) is 1. The van der Waals surface area contributed by atoms with Gasteiger partial charge in [-0.15, -0.1) is 0 Å². The fourth-order valence-corrected chi connectivity index (χ4v) is 5.74. The number of carbonyl (C=O) groups excluding carboxylic acids is 4. The molecule has 39 heavy (non-hydrogen) atoms. The van der Waals surface area contributed by atoms with Crippen molar-refractivity contribution in [3.05, 3.63) is 58.9 Å². The molecule has 2 aromatic rings. The second-order valence-electron chi connectivity index (χ2n) is 10.3. The summed E-state index contributed by atoms with van der Waals surface area (Å²) in [5.41, 5.74) is 3.35. The third-order valence-corrected chi connectivity index (χ3v) is 7.64. The summed E-state index contributed by atoms with van der Waals surface area (Å²) < 4.78 is 19.5. The predicted octanol–water partition coefficient (Wildman–Crippen LogP) is 2.72. The van der Waals surface area contributed by atoms with Crippen LogP contribution < -0.4 is 20.7 Å². The Bertz CT molecular complexity index is 1280. The van der Waals surface area contributed by atoms with Gasteiger partial charge < -0.3 is 25.6 Å². The largest absolute Gasteiger partial charge is 0.491 e. The Hall–Kier alpha value is -3.95. The first-order valence-electron chi connectivity index (χ1n) is 13.6. The summed E-state index contributed by atoms with van der Waals surface area (Å²) in [5.74, 6) is -1.56. The number of nitrogens with one attached hydrogen (secondary N) is 3. The molecule has 2 heterocycles. The highest BCUT2D eigenvalue weighted by Gasteiger charge is 2.38. The van der Waals surface area contributed by atoms with Gasteiger partial charge >= 0.3 is 0 Å². The molecule has 1 aliphatic carbocycles. The van der Waals surface area contributed by atoms with Gasteiger partial charge in [-0.1, -0.05) is 6.07 Å². The van der Waals surface area contributed by atoms with E-state index in [1.54, 1.807) is 4.90 Å². The lowest BCUT2D eigenvalue weighted by Crippen LogP contribution is -2.48. The van der Waals surface area contributed by atoms with E-state index in [2.05, 4.69) is 16.0 Å². The van der Waals surface area contributed by atoms with Crippen LogP contribution in [0.3, 0.4) is 0 Å². The summed E-state index contributed by atoms with van der Waals surface area (Å²) in [7, 11) is 0. The number of hydrogen-bond acceptors (Lipinski definition) is 5. The van der Waals surface area contributed by atoms with Gasteiger partial charge in [0.1, 0.15) is 18.2 Å². The van der Waals surface area contributed by atoms with Crippen LogP contribution in [0.5, 0.6) is 5.75 Å². The highest BCUT2D eigenvalue weighted by Crippen LogP contribution is 2.29. The number of fused-ring (bicyclic) bond motifs is 4. The van der Waals surface area contributed by atoms with Crippen molar-refractivity contribution in [3.63, 3.8) is 0 Å². The van der Waals surface area contributed by atoms with Crippen LogP contribution in [0, 0.1) is 5.82 Å². The Kier molecular flexibility index (Phi) is 8.09. The molecule has 2 atom stereocenters. The van der Waals surface area contributed by atoms with E-state index in [1.165, 1.54) is 23.3 Å². The Morgan fingerprint density at radius 3 is 2.69 bits per heavy atom. The van der Waals surface area contributed by atoms with E-state index in [9.17, 15) is 23.6 Å². The number of amides is 4. The van der Waals surface area contributed by atoms with Crippen molar-refractivity contribution in [1.29, 1.82) is 0 Å². The van der Waals surface area contributed by atoms with E-state index in [1.807, 2.05) is 18.2 Å². The van der Waals surface area contributed by atoms with Gasteiger partial charge in [-0.05, 0) is 73.6 Å². The number of benzene rings is 2. The summed E-state index contributed by atoms with van der Waals surface area (Å²) >= 11 is 0. The molecule has 3 aliphatic rings. The molecular weight excluding hydrogens is 503 g/mol. The van der Waals surface area contributed by atoms with Gasteiger partial charge in [0.2, 0.25) is 17.7 Å². The molecule has 2 bridgehead atoms. The first-order valence-corrected chi connectivity index (χ1v) is 13.6. The Morgan fingerprint density at radius 2 is 1.82 bits per heavy atom. The average molecular weight is 537 g/mol. The molecule has 0 saturated carbocycles. The average Bonchev–Trinajstić information content (AvgIpc) is 3.55. The maximum Gasteiger partial charge on any atom is 0.255 e. The lowest BCUT2D eigenvalue weighted by Gasteiger charge is -2.31. The van der Waals surface area contributed by atoms with Crippen molar-refractivity contribution in [2.24, 2.45) is 0 Å². The first kappa shape index (κ1) is 26.6. The molecule has 0 unspecified atom stereocenters. The van der Waals surface area contributed by atoms with Crippen molar-refractivity contribution in [2.75, 3.05) is 25.0 Å². The van der Waals surface area contributed by atoms with Crippen LogP contribution in [-0.4, -0.2) is 60.3 Å². The fourth-order valence-electron chi connectivity index (χ4n) is 5.74. The van der Waals surface area contributed by atoms with E-state index < -0.39 is 11.7 Å². The summed E-state index contributed by atoms with van der Waals surface area (Å²) in [6.07, 6.45) is 4.50. The van der Waals surface area contributed by atoms with Gasteiger partial charge in [-0.3, -0.25) is 19.2 Å². The van der Waals surface area contributed by atoms with Gasteiger partial charge in [0.25, 0.3) is 5.91 Å². The molecule has 2 aromatic carbocycles. The first-order chi connectivity index (χ1) is 18.9. The number of ether oxygens (including phenoxy) is 1. The molecule has 3 N–H and O–H groups in total. The normalized spacial score (nSPS) is 21.1. The summed E-state index contributed by atoms with van der Waals surface area (Å²) in [6.45, 7) is 0.442. The monoisotopic (exact) mass is 536 g/mol. The third kappa shape index (κ3) is 6.38. The SMILES string of the molecule is O=C1C[C@@H]2CC[C@H](CNC(=O)c3cc(F)ccc3OCCN1)N2C(=O)CCC(=O)Nc1ccc2c(c1)CCC2. The van der Waals surface area contributed by atoms with Crippen molar-refractivity contribution in [3.8, 4) is 5.75 Å². The lowest BCUT2D eigenvalue weighted by molar-refractivity contribution is -0.136. The standard InChI is InChI=1S/C29H33FN4O5/c30-20-5-9-25-24(15-20)29(38)32-17-23-8-7-22(16-27(36)31-12-13-39-25)34(23)28(37)11-10-26(35)33-21-6-4-18-2-1-3-19(18)14-21/h4-6,9,14-15,22-23H,1-3,7-8,10-13,16-17H2,(H,31,36)(H,32,38)(H,33,35)/t22-,23+/m0/s1. The van der Waals surface area contributed by atoms with Crippen molar-refractivity contribution in [2.45, 2.75) is 63.5 Å². The zero-order valence-corrected chi connectivity index (χ0v) is 21.8. The molecule has 10 heteroatoms. The van der Waals surface area contributed by atoms with Crippen LogP contribution in [0.4, 0.5) is 10.1 Å². The predicted molar refractivity (Wildman–Crippen MR) is 142 cm³/mol. The lowest BCUT2D eigenvalue weighted by atomic mass is 10.1. The summed E-state index contributed by atoms with van der Waals surface area (Å²) in [6, 6.07) is 8.94. The molecule has 0 radical (unpaired) electrons.